The Kier molecular flexibility index (Phi) is 6.07. The standard InChI is InChI=1S/C21H28N2O2S/c1-4-23-18-11-6-5-9-16(18)19(12-21(23)25)26-13-20(24)22-17-10-7-8-14(2)15(17)3/h5-6,9,11-12,14-15,17H,4,7-8,10,13H2,1-3H3,(H,22,24). The van der Waals surface area contributed by atoms with E-state index in [1.807, 2.05) is 31.2 Å². The highest BCUT2D eigenvalue weighted by Gasteiger charge is 2.28. The van der Waals surface area contributed by atoms with Crippen LogP contribution in [0.4, 0.5) is 0 Å². The molecule has 0 saturated heterocycles. The van der Waals surface area contributed by atoms with Crippen LogP contribution in [0.25, 0.3) is 10.9 Å². The lowest BCUT2D eigenvalue weighted by Gasteiger charge is -2.34. The van der Waals surface area contributed by atoms with E-state index in [0.717, 1.165) is 22.2 Å². The molecule has 4 nitrogen and oxygen atoms in total. The SMILES string of the molecule is CCn1c(=O)cc(SCC(=O)NC2CCCC(C)C2C)c2ccccc21. The van der Waals surface area contributed by atoms with E-state index in [9.17, 15) is 9.59 Å². The number of carbonyl (C=O) groups excluding carboxylic acids is 1. The van der Waals surface area contributed by atoms with Crippen LogP contribution in [-0.4, -0.2) is 22.3 Å². The summed E-state index contributed by atoms with van der Waals surface area (Å²) < 4.78 is 1.77. The molecule has 3 atom stereocenters. The predicted octanol–water partition coefficient (Wildman–Crippen LogP) is 4.05. The van der Waals surface area contributed by atoms with Gasteiger partial charge in [-0.2, -0.15) is 0 Å². The van der Waals surface area contributed by atoms with Gasteiger partial charge in [0.2, 0.25) is 5.91 Å². The van der Waals surface area contributed by atoms with Crippen LogP contribution in [0.15, 0.2) is 40.0 Å². The molecule has 1 amide bonds. The molecular formula is C21H28N2O2S. The Morgan fingerprint density at radius 3 is 2.81 bits per heavy atom. The van der Waals surface area contributed by atoms with Crippen LogP contribution in [0.2, 0.25) is 0 Å². The van der Waals surface area contributed by atoms with Gasteiger partial charge in [0.25, 0.3) is 5.56 Å². The summed E-state index contributed by atoms with van der Waals surface area (Å²) in [6.45, 7) is 7.12. The Morgan fingerprint density at radius 2 is 2.04 bits per heavy atom. The summed E-state index contributed by atoms with van der Waals surface area (Å²) in [6.07, 6.45) is 3.50. The highest BCUT2D eigenvalue weighted by molar-refractivity contribution is 8.00. The van der Waals surface area contributed by atoms with E-state index in [4.69, 9.17) is 0 Å². The van der Waals surface area contributed by atoms with Crippen LogP contribution in [0.3, 0.4) is 0 Å². The van der Waals surface area contributed by atoms with E-state index < -0.39 is 0 Å². The van der Waals surface area contributed by atoms with Gasteiger partial charge in [-0.05, 0) is 31.2 Å². The maximum Gasteiger partial charge on any atom is 0.252 e. The van der Waals surface area contributed by atoms with Crippen molar-refractivity contribution in [3.63, 3.8) is 0 Å². The maximum atomic E-state index is 12.5. The van der Waals surface area contributed by atoms with E-state index in [-0.39, 0.29) is 17.5 Å². The molecule has 26 heavy (non-hydrogen) atoms. The number of rotatable bonds is 5. The number of pyridine rings is 1. The molecule has 1 saturated carbocycles. The van der Waals surface area contributed by atoms with E-state index in [2.05, 4.69) is 19.2 Å². The molecule has 1 heterocycles. The van der Waals surface area contributed by atoms with Gasteiger partial charge in [-0.15, -0.1) is 11.8 Å². The van der Waals surface area contributed by atoms with Crippen LogP contribution < -0.4 is 10.9 Å². The minimum absolute atomic E-state index is 0.0103. The second-order valence-electron chi connectivity index (χ2n) is 7.34. The fourth-order valence-corrected chi connectivity index (χ4v) is 4.81. The molecule has 2 aromatic rings. The zero-order valence-electron chi connectivity index (χ0n) is 15.8. The molecule has 1 aromatic heterocycles. The van der Waals surface area contributed by atoms with Gasteiger partial charge in [-0.1, -0.05) is 44.9 Å². The molecule has 1 aliphatic carbocycles. The molecule has 1 N–H and O–H groups in total. The summed E-state index contributed by atoms with van der Waals surface area (Å²) in [5.74, 6) is 1.58. The van der Waals surface area contributed by atoms with Crippen molar-refractivity contribution in [2.75, 3.05) is 5.75 Å². The molecule has 3 unspecified atom stereocenters. The minimum atomic E-state index is -0.0103. The number of fused-ring (bicyclic) bond motifs is 1. The molecule has 1 aromatic carbocycles. The Hall–Kier alpha value is -1.75. The van der Waals surface area contributed by atoms with Gasteiger partial charge in [0.15, 0.2) is 0 Å². The van der Waals surface area contributed by atoms with Crippen molar-refractivity contribution in [2.45, 2.75) is 57.5 Å². The Bertz CT molecular complexity index is 846. The Balaban J connectivity index is 1.72. The summed E-state index contributed by atoms with van der Waals surface area (Å²) >= 11 is 1.46. The van der Waals surface area contributed by atoms with E-state index >= 15 is 0 Å². The topological polar surface area (TPSA) is 51.1 Å². The smallest absolute Gasteiger partial charge is 0.252 e. The highest BCUT2D eigenvalue weighted by atomic mass is 32.2. The van der Waals surface area contributed by atoms with Crippen molar-refractivity contribution in [2.24, 2.45) is 11.8 Å². The number of hydrogen-bond acceptors (Lipinski definition) is 3. The van der Waals surface area contributed by atoms with Crippen molar-refractivity contribution in [1.82, 2.24) is 9.88 Å². The number of carbonyl (C=O) groups is 1. The van der Waals surface area contributed by atoms with Crippen molar-refractivity contribution in [3.05, 3.63) is 40.7 Å². The van der Waals surface area contributed by atoms with Crippen molar-refractivity contribution in [1.29, 1.82) is 0 Å². The average molecular weight is 373 g/mol. The predicted molar refractivity (Wildman–Crippen MR) is 109 cm³/mol. The largest absolute Gasteiger partial charge is 0.352 e. The average Bonchev–Trinajstić information content (AvgIpc) is 2.63. The van der Waals surface area contributed by atoms with Crippen LogP contribution >= 0.6 is 11.8 Å². The summed E-state index contributed by atoms with van der Waals surface area (Å²) in [5.41, 5.74) is 0.920. The van der Waals surface area contributed by atoms with Gasteiger partial charge in [0.1, 0.15) is 0 Å². The lowest BCUT2D eigenvalue weighted by atomic mass is 9.78. The summed E-state index contributed by atoms with van der Waals surface area (Å²) in [4.78, 5) is 25.7. The number of aryl methyl sites for hydroxylation is 1. The molecular weight excluding hydrogens is 344 g/mol. The van der Waals surface area contributed by atoms with Crippen LogP contribution in [-0.2, 0) is 11.3 Å². The molecule has 3 rings (SSSR count). The number of para-hydroxylation sites is 1. The number of amides is 1. The lowest BCUT2D eigenvalue weighted by molar-refractivity contribution is -0.119. The van der Waals surface area contributed by atoms with Gasteiger partial charge in [-0.3, -0.25) is 9.59 Å². The third-order valence-electron chi connectivity index (χ3n) is 5.71. The van der Waals surface area contributed by atoms with Crippen LogP contribution in [0, 0.1) is 11.8 Å². The number of nitrogens with one attached hydrogen (secondary N) is 1. The van der Waals surface area contributed by atoms with E-state index in [0.29, 0.717) is 24.1 Å². The zero-order valence-corrected chi connectivity index (χ0v) is 16.6. The molecule has 1 fully saturated rings. The van der Waals surface area contributed by atoms with E-state index in [1.165, 1.54) is 24.6 Å². The molecule has 0 spiro atoms. The summed E-state index contributed by atoms with van der Waals surface area (Å²) in [5, 5.41) is 4.25. The lowest BCUT2D eigenvalue weighted by Crippen LogP contribution is -2.44. The Morgan fingerprint density at radius 1 is 1.27 bits per heavy atom. The Labute approximate surface area is 159 Å². The van der Waals surface area contributed by atoms with Crippen molar-refractivity contribution < 1.29 is 4.79 Å². The van der Waals surface area contributed by atoms with Crippen molar-refractivity contribution in [3.8, 4) is 0 Å². The summed E-state index contributed by atoms with van der Waals surface area (Å²) in [7, 11) is 0. The normalized spacial score (nSPS) is 23.1. The number of hydrogen-bond donors (Lipinski definition) is 1. The quantitative estimate of drug-likeness (QED) is 0.806. The fraction of sp³-hybridized carbons (Fsp3) is 0.524. The fourth-order valence-electron chi connectivity index (χ4n) is 3.93. The second kappa shape index (κ2) is 8.30. The third-order valence-corrected chi connectivity index (χ3v) is 6.76. The van der Waals surface area contributed by atoms with E-state index in [1.54, 1.807) is 10.6 Å². The number of benzene rings is 1. The first-order valence-corrected chi connectivity index (χ1v) is 10.5. The highest BCUT2D eigenvalue weighted by Crippen LogP contribution is 2.30. The van der Waals surface area contributed by atoms with Crippen molar-refractivity contribution >= 4 is 28.6 Å². The molecule has 140 valence electrons. The maximum absolute atomic E-state index is 12.5. The molecule has 0 bridgehead atoms. The molecule has 0 aliphatic heterocycles. The van der Waals surface area contributed by atoms with Gasteiger partial charge in [0.05, 0.1) is 11.3 Å². The minimum Gasteiger partial charge on any atom is -0.352 e. The molecule has 0 radical (unpaired) electrons. The number of aromatic nitrogens is 1. The first-order chi connectivity index (χ1) is 12.5. The first kappa shape index (κ1) is 19.0. The van der Waals surface area contributed by atoms with Gasteiger partial charge in [0, 0.05) is 28.9 Å². The first-order valence-electron chi connectivity index (χ1n) is 9.56. The third kappa shape index (κ3) is 3.98. The molecule has 1 aliphatic rings. The van der Waals surface area contributed by atoms with Crippen LogP contribution in [0.1, 0.15) is 40.0 Å². The summed E-state index contributed by atoms with van der Waals surface area (Å²) in [6, 6.07) is 9.84. The van der Waals surface area contributed by atoms with Gasteiger partial charge in [-0.25, -0.2) is 0 Å². The number of nitrogens with zero attached hydrogens (tertiary/aromatic N) is 1. The van der Waals surface area contributed by atoms with Gasteiger partial charge < -0.3 is 9.88 Å². The van der Waals surface area contributed by atoms with Crippen LogP contribution in [0.5, 0.6) is 0 Å². The van der Waals surface area contributed by atoms with Gasteiger partial charge >= 0.3 is 0 Å². The molecule has 5 heteroatoms. The monoisotopic (exact) mass is 372 g/mol. The second-order valence-corrected chi connectivity index (χ2v) is 8.36. The zero-order chi connectivity index (χ0) is 18.7. The number of thioether (sulfide) groups is 1.